The Morgan fingerprint density at radius 2 is 2.00 bits per heavy atom. The molecule has 106 valence electrons. The number of hydrogen-bond donors (Lipinski definition) is 0. The summed E-state index contributed by atoms with van der Waals surface area (Å²) >= 11 is 0. The molecule has 4 nitrogen and oxygen atoms in total. The average molecular weight is 273 g/mol. The van der Waals surface area contributed by atoms with Crippen molar-refractivity contribution in [1.82, 2.24) is 4.90 Å². The van der Waals surface area contributed by atoms with E-state index in [0.29, 0.717) is 12.1 Å². The highest BCUT2D eigenvalue weighted by Gasteiger charge is 2.54. The van der Waals surface area contributed by atoms with Crippen molar-refractivity contribution in [3.8, 4) is 0 Å². The Balaban J connectivity index is 1.72. The summed E-state index contributed by atoms with van der Waals surface area (Å²) in [5, 5.41) is 0. The lowest BCUT2D eigenvalue weighted by Crippen LogP contribution is -2.40. The molecular formula is C16H19NO3. The number of rotatable bonds is 4. The molecule has 0 N–H and O–H groups in total. The average Bonchev–Trinajstić information content (AvgIpc) is 3.13. The van der Waals surface area contributed by atoms with Crippen molar-refractivity contribution in [2.24, 2.45) is 5.41 Å². The number of esters is 1. The van der Waals surface area contributed by atoms with Gasteiger partial charge in [-0.05, 0) is 24.7 Å². The molecule has 1 aliphatic carbocycles. The predicted octanol–water partition coefficient (Wildman–Crippen LogP) is 1.90. The molecule has 1 saturated carbocycles. The highest BCUT2D eigenvalue weighted by molar-refractivity contribution is 5.97. The number of carbonyl (C=O) groups is 2. The summed E-state index contributed by atoms with van der Waals surface area (Å²) in [6.45, 7) is 1.14. The van der Waals surface area contributed by atoms with Crippen molar-refractivity contribution in [1.29, 1.82) is 0 Å². The molecule has 2 fully saturated rings. The minimum Gasteiger partial charge on any atom is -0.468 e. The predicted molar refractivity (Wildman–Crippen MR) is 74.4 cm³/mol. The van der Waals surface area contributed by atoms with E-state index in [-0.39, 0.29) is 23.2 Å². The summed E-state index contributed by atoms with van der Waals surface area (Å²) < 4.78 is 4.88. The molecular weight excluding hydrogens is 254 g/mol. The Hall–Kier alpha value is -1.68. The Labute approximate surface area is 118 Å². The van der Waals surface area contributed by atoms with Gasteiger partial charge in [-0.3, -0.25) is 14.5 Å². The van der Waals surface area contributed by atoms with E-state index >= 15 is 0 Å². The lowest BCUT2D eigenvalue weighted by atomic mass is 10.0. The number of nitrogens with zero attached hydrogens (tertiary/aromatic N) is 1. The SMILES string of the molecule is COC(=O)[C@@H]1CC2(CC2)CN1CC(=O)c1ccccc1. The normalized spacial score (nSPS) is 23.8. The number of benzene rings is 1. The van der Waals surface area contributed by atoms with Crippen LogP contribution in [0.1, 0.15) is 29.6 Å². The summed E-state index contributed by atoms with van der Waals surface area (Å²) in [6.07, 6.45) is 3.16. The van der Waals surface area contributed by atoms with Crippen LogP contribution in [-0.4, -0.2) is 42.9 Å². The molecule has 0 unspecified atom stereocenters. The van der Waals surface area contributed by atoms with Crippen LogP contribution in [0.15, 0.2) is 30.3 Å². The van der Waals surface area contributed by atoms with Crippen LogP contribution < -0.4 is 0 Å². The van der Waals surface area contributed by atoms with Gasteiger partial charge < -0.3 is 4.74 Å². The maximum absolute atomic E-state index is 12.3. The summed E-state index contributed by atoms with van der Waals surface area (Å²) in [4.78, 5) is 26.2. The number of likely N-dealkylation sites (tertiary alicyclic amines) is 1. The fraction of sp³-hybridized carbons (Fsp3) is 0.500. The third kappa shape index (κ3) is 2.48. The molecule has 1 heterocycles. The molecule has 1 atom stereocenters. The van der Waals surface area contributed by atoms with E-state index in [1.54, 1.807) is 0 Å². The fourth-order valence-corrected chi connectivity index (χ4v) is 3.12. The third-order valence-corrected chi connectivity index (χ3v) is 4.48. The Morgan fingerprint density at radius 3 is 2.60 bits per heavy atom. The minimum atomic E-state index is -0.254. The monoisotopic (exact) mass is 273 g/mol. The molecule has 1 saturated heterocycles. The van der Waals surface area contributed by atoms with E-state index in [2.05, 4.69) is 0 Å². The van der Waals surface area contributed by atoms with Crippen LogP contribution in [0.25, 0.3) is 0 Å². The zero-order valence-electron chi connectivity index (χ0n) is 11.7. The van der Waals surface area contributed by atoms with Crippen molar-refractivity contribution in [3.05, 3.63) is 35.9 Å². The Bertz CT molecular complexity index is 522. The lowest BCUT2D eigenvalue weighted by molar-refractivity contribution is -0.145. The highest BCUT2D eigenvalue weighted by Crippen LogP contribution is 2.54. The molecule has 0 amide bonds. The highest BCUT2D eigenvalue weighted by atomic mass is 16.5. The van der Waals surface area contributed by atoms with Crippen molar-refractivity contribution < 1.29 is 14.3 Å². The van der Waals surface area contributed by atoms with E-state index in [1.807, 2.05) is 35.2 Å². The van der Waals surface area contributed by atoms with Crippen molar-refractivity contribution in [2.75, 3.05) is 20.2 Å². The first-order valence-corrected chi connectivity index (χ1v) is 7.04. The largest absolute Gasteiger partial charge is 0.468 e. The van der Waals surface area contributed by atoms with Crippen LogP contribution in [0.2, 0.25) is 0 Å². The fourth-order valence-electron chi connectivity index (χ4n) is 3.12. The maximum Gasteiger partial charge on any atom is 0.323 e. The van der Waals surface area contributed by atoms with E-state index in [1.165, 1.54) is 7.11 Å². The molecule has 1 aromatic carbocycles. The van der Waals surface area contributed by atoms with Crippen LogP contribution in [-0.2, 0) is 9.53 Å². The van der Waals surface area contributed by atoms with Crippen molar-refractivity contribution >= 4 is 11.8 Å². The lowest BCUT2D eigenvalue weighted by Gasteiger charge is -2.21. The molecule has 20 heavy (non-hydrogen) atoms. The number of Topliss-reactive ketones (excluding diaryl/α,β-unsaturated/α-hetero) is 1. The van der Waals surface area contributed by atoms with Crippen LogP contribution in [0.4, 0.5) is 0 Å². The van der Waals surface area contributed by atoms with Crippen LogP contribution in [0.5, 0.6) is 0 Å². The maximum atomic E-state index is 12.3. The standard InChI is InChI=1S/C16H19NO3/c1-20-15(19)13-9-16(7-8-16)11-17(13)10-14(18)12-5-3-2-4-6-12/h2-6,13H,7-11H2,1H3/t13-/m0/s1. The van der Waals surface area contributed by atoms with Gasteiger partial charge in [-0.15, -0.1) is 0 Å². The van der Waals surface area contributed by atoms with Gasteiger partial charge in [-0.1, -0.05) is 30.3 Å². The van der Waals surface area contributed by atoms with Gasteiger partial charge in [0.15, 0.2) is 5.78 Å². The second-order valence-electron chi connectivity index (χ2n) is 5.94. The second-order valence-corrected chi connectivity index (χ2v) is 5.94. The Kier molecular flexibility index (Phi) is 3.34. The quantitative estimate of drug-likeness (QED) is 0.621. The van der Waals surface area contributed by atoms with Gasteiger partial charge in [0.25, 0.3) is 0 Å². The van der Waals surface area contributed by atoms with E-state index in [4.69, 9.17) is 4.74 Å². The molecule has 1 aliphatic heterocycles. The van der Waals surface area contributed by atoms with Crippen LogP contribution in [0.3, 0.4) is 0 Å². The second kappa shape index (κ2) is 5.02. The number of methoxy groups -OCH3 is 1. The number of hydrogen-bond acceptors (Lipinski definition) is 4. The molecule has 1 aromatic rings. The number of ether oxygens (including phenoxy) is 1. The van der Waals surface area contributed by atoms with E-state index < -0.39 is 0 Å². The van der Waals surface area contributed by atoms with Crippen molar-refractivity contribution in [2.45, 2.75) is 25.3 Å². The van der Waals surface area contributed by atoms with E-state index in [0.717, 1.165) is 25.8 Å². The third-order valence-electron chi connectivity index (χ3n) is 4.48. The first kappa shape index (κ1) is 13.3. The summed E-state index contributed by atoms with van der Waals surface area (Å²) in [5.74, 6) is -0.146. The first-order valence-electron chi connectivity index (χ1n) is 7.04. The zero-order chi connectivity index (χ0) is 14.2. The smallest absolute Gasteiger partial charge is 0.323 e. The number of carbonyl (C=O) groups excluding carboxylic acids is 2. The Morgan fingerprint density at radius 1 is 1.30 bits per heavy atom. The summed E-state index contributed by atoms with van der Waals surface area (Å²) in [5.41, 5.74) is 0.975. The molecule has 0 aromatic heterocycles. The van der Waals surface area contributed by atoms with Gasteiger partial charge in [-0.25, -0.2) is 0 Å². The van der Waals surface area contributed by atoms with Crippen LogP contribution in [0, 0.1) is 5.41 Å². The molecule has 0 radical (unpaired) electrons. The molecule has 0 bridgehead atoms. The number of ketones is 1. The first-order chi connectivity index (χ1) is 9.63. The van der Waals surface area contributed by atoms with Crippen molar-refractivity contribution in [3.63, 3.8) is 0 Å². The van der Waals surface area contributed by atoms with Gasteiger partial charge in [-0.2, -0.15) is 0 Å². The molecule has 3 rings (SSSR count). The van der Waals surface area contributed by atoms with Gasteiger partial charge in [0.1, 0.15) is 6.04 Å². The van der Waals surface area contributed by atoms with E-state index in [9.17, 15) is 9.59 Å². The summed E-state index contributed by atoms with van der Waals surface area (Å²) in [7, 11) is 1.41. The van der Waals surface area contributed by atoms with Crippen LogP contribution >= 0.6 is 0 Å². The molecule has 1 spiro atoms. The molecule has 2 aliphatic rings. The van der Waals surface area contributed by atoms with Gasteiger partial charge in [0.05, 0.1) is 13.7 Å². The zero-order valence-corrected chi connectivity index (χ0v) is 11.7. The minimum absolute atomic E-state index is 0.0669. The summed E-state index contributed by atoms with van der Waals surface area (Å²) in [6, 6.07) is 8.99. The van der Waals surface area contributed by atoms with Gasteiger partial charge >= 0.3 is 5.97 Å². The van der Waals surface area contributed by atoms with Gasteiger partial charge in [0, 0.05) is 12.1 Å². The topological polar surface area (TPSA) is 46.6 Å². The molecule has 4 heteroatoms. The van der Waals surface area contributed by atoms with Gasteiger partial charge in [0.2, 0.25) is 0 Å².